The van der Waals surface area contributed by atoms with Gasteiger partial charge in [0.15, 0.2) is 0 Å². The molecule has 3 atom stereocenters. The van der Waals surface area contributed by atoms with Crippen LogP contribution in [0.1, 0.15) is 49.9 Å². The van der Waals surface area contributed by atoms with Gasteiger partial charge in [-0.15, -0.1) is 0 Å². The van der Waals surface area contributed by atoms with E-state index in [-0.39, 0.29) is 27.9 Å². The van der Waals surface area contributed by atoms with E-state index in [1.165, 1.54) is 18.2 Å². The molecule has 3 heterocycles. The normalized spacial score (nSPS) is 27.9. The van der Waals surface area contributed by atoms with Crippen molar-refractivity contribution in [1.82, 2.24) is 15.1 Å². The zero-order valence-electron chi connectivity index (χ0n) is 18.2. The van der Waals surface area contributed by atoms with Crippen molar-refractivity contribution in [2.75, 3.05) is 32.8 Å². The molecule has 170 valence electrons. The number of morpholine rings is 1. The van der Waals surface area contributed by atoms with Gasteiger partial charge in [0.2, 0.25) is 5.91 Å². The minimum atomic E-state index is -0.517. The Bertz CT molecular complexity index is 815. The highest BCUT2D eigenvalue weighted by molar-refractivity contribution is 6.31. The lowest BCUT2D eigenvalue weighted by atomic mass is 9.90. The molecule has 3 saturated heterocycles. The van der Waals surface area contributed by atoms with E-state index in [9.17, 15) is 14.0 Å². The van der Waals surface area contributed by atoms with Crippen molar-refractivity contribution in [3.63, 3.8) is 0 Å². The largest absolute Gasteiger partial charge is 0.377 e. The quantitative estimate of drug-likeness (QED) is 0.747. The first-order valence-corrected chi connectivity index (χ1v) is 11.5. The van der Waals surface area contributed by atoms with Crippen LogP contribution in [0.3, 0.4) is 0 Å². The lowest BCUT2D eigenvalue weighted by Crippen LogP contribution is -2.59. The Kier molecular flexibility index (Phi) is 6.56. The van der Waals surface area contributed by atoms with E-state index in [1.807, 2.05) is 4.90 Å². The number of hydrogen-bond donors (Lipinski definition) is 1. The number of nitrogens with one attached hydrogen (secondary N) is 1. The molecule has 2 bridgehead atoms. The third kappa shape index (κ3) is 5.04. The average molecular weight is 452 g/mol. The maximum absolute atomic E-state index is 13.5. The van der Waals surface area contributed by atoms with E-state index in [4.69, 9.17) is 16.3 Å². The molecule has 1 aromatic rings. The van der Waals surface area contributed by atoms with Crippen molar-refractivity contribution in [1.29, 1.82) is 0 Å². The van der Waals surface area contributed by atoms with E-state index >= 15 is 0 Å². The van der Waals surface area contributed by atoms with Gasteiger partial charge in [0.25, 0.3) is 5.91 Å². The molecule has 1 N–H and O–H groups in total. The van der Waals surface area contributed by atoms with Crippen LogP contribution in [0.5, 0.6) is 0 Å². The highest BCUT2D eigenvalue weighted by atomic mass is 35.5. The predicted octanol–water partition coefficient (Wildman–Crippen LogP) is 3.09. The van der Waals surface area contributed by atoms with E-state index < -0.39 is 5.82 Å². The molecule has 0 aromatic heterocycles. The van der Waals surface area contributed by atoms with Crippen LogP contribution in [0.15, 0.2) is 18.2 Å². The van der Waals surface area contributed by atoms with Crippen LogP contribution in [-0.2, 0) is 9.53 Å². The Morgan fingerprint density at radius 3 is 2.58 bits per heavy atom. The molecule has 1 aromatic carbocycles. The highest BCUT2D eigenvalue weighted by Crippen LogP contribution is 2.38. The number of benzene rings is 1. The molecule has 6 nitrogen and oxygen atoms in total. The lowest BCUT2D eigenvalue weighted by Gasteiger charge is -2.44. The van der Waals surface area contributed by atoms with Gasteiger partial charge < -0.3 is 15.0 Å². The average Bonchev–Trinajstić information content (AvgIpc) is 2.93. The van der Waals surface area contributed by atoms with Gasteiger partial charge in [-0.25, -0.2) is 4.39 Å². The van der Waals surface area contributed by atoms with Crippen molar-refractivity contribution in [3.8, 4) is 0 Å². The maximum Gasteiger partial charge on any atom is 0.251 e. The minimum Gasteiger partial charge on any atom is -0.377 e. The Balaban J connectivity index is 1.31. The van der Waals surface area contributed by atoms with Gasteiger partial charge in [-0.2, -0.15) is 0 Å². The second kappa shape index (κ2) is 9.04. The summed E-state index contributed by atoms with van der Waals surface area (Å²) >= 11 is 5.86. The van der Waals surface area contributed by atoms with Crippen LogP contribution >= 0.6 is 11.6 Å². The zero-order chi connectivity index (χ0) is 22.2. The van der Waals surface area contributed by atoms with Crippen molar-refractivity contribution in [3.05, 3.63) is 34.6 Å². The number of hydrogen-bond acceptors (Lipinski definition) is 4. The Morgan fingerprint density at radius 1 is 1.23 bits per heavy atom. The summed E-state index contributed by atoms with van der Waals surface area (Å²) < 4.78 is 19.1. The molecule has 31 heavy (non-hydrogen) atoms. The van der Waals surface area contributed by atoms with Gasteiger partial charge in [-0.05, 0) is 63.6 Å². The van der Waals surface area contributed by atoms with E-state index in [2.05, 4.69) is 24.1 Å². The summed E-state index contributed by atoms with van der Waals surface area (Å²) in [6.45, 7) is 6.94. The first-order valence-electron chi connectivity index (χ1n) is 11.1. The molecule has 3 aliphatic rings. The number of rotatable bonds is 5. The third-order valence-corrected chi connectivity index (χ3v) is 7.14. The second-order valence-electron chi connectivity index (χ2n) is 9.67. The van der Waals surface area contributed by atoms with Gasteiger partial charge in [-0.3, -0.25) is 14.5 Å². The number of amides is 2. The fraction of sp³-hybridized carbons (Fsp3) is 0.652. The Hall–Kier alpha value is -1.70. The van der Waals surface area contributed by atoms with Gasteiger partial charge in [0.1, 0.15) is 5.82 Å². The van der Waals surface area contributed by atoms with Crippen LogP contribution in [0.4, 0.5) is 4.39 Å². The summed E-state index contributed by atoms with van der Waals surface area (Å²) in [5.74, 6) is -0.283. The minimum absolute atomic E-state index is 0.180. The third-order valence-electron chi connectivity index (χ3n) is 6.92. The monoisotopic (exact) mass is 451 g/mol. The summed E-state index contributed by atoms with van der Waals surface area (Å²) in [4.78, 5) is 29.8. The molecule has 0 saturated carbocycles. The molecule has 4 rings (SSSR count). The van der Waals surface area contributed by atoms with Gasteiger partial charge in [-0.1, -0.05) is 11.6 Å². The number of carbonyl (C=O) groups is 2. The lowest BCUT2D eigenvalue weighted by molar-refractivity contribution is -0.148. The first-order chi connectivity index (χ1) is 14.7. The number of piperidine rings is 1. The number of fused-ring (bicyclic) bond motifs is 2. The molecular formula is C23H31ClFN3O3. The molecule has 1 unspecified atom stereocenters. The van der Waals surface area contributed by atoms with Gasteiger partial charge in [0, 0.05) is 35.8 Å². The van der Waals surface area contributed by atoms with E-state index in [0.717, 1.165) is 25.7 Å². The van der Waals surface area contributed by atoms with Crippen LogP contribution in [0.25, 0.3) is 0 Å². The zero-order valence-corrected chi connectivity index (χ0v) is 19.0. The van der Waals surface area contributed by atoms with Crippen LogP contribution in [0, 0.1) is 11.7 Å². The molecule has 0 spiro atoms. The maximum atomic E-state index is 13.5. The van der Waals surface area contributed by atoms with Gasteiger partial charge in [0.05, 0.1) is 25.3 Å². The topological polar surface area (TPSA) is 61.9 Å². The number of carbonyl (C=O) groups excluding carboxylic acids is 2. The fourth-order valence-electron chi connectivity index (χ4n) is 5.40. The number of nitrogens with zero attached hydrogens (tertiary/aromatic N) is 2. The highest BCUT2D eigenvalue weighted by Gasteiger charge is 2.43. The summed E-state index contributed by atoms with van der Waals surface area (Å²) in [5, 5.41) is 3.15. The first kappa shape index (κ1) is 22.5. The molecule has 3 fully saturated rings. The summed E-state index contributed by atoms with van der Waals surface area (Å²) in [5.41, 5.74) is -0.0271. The van der Waals surface area contributed by atoms with Crippen LogP contribution < -0.4 is 5.32 Å². The Morgan fingerprint density at radius 2 is 1.94 bits per heavy atom. The molecule has 8 heteroatoms. The smallest absolute Gasteiger partial charge is 0.251 e. The van der Waals surface area contributed by atoms with Crippen molar-refractivity contribution < 1.29 is 18.7 Å². The van der Waals surface area contributed by atoms with E-state index in [0.29, 0.717) is 50.8 Å². The summed E-state index contributed by atoms with van der Waals surface area (Å²) in [6, 6.07) is 4.61. The van der Waals surface area contributed by atoms with Crippen molar-refractivity contribution in [2.24, 2.45) is 5.92 Å². The second-order valence-corrected chi connectivity index (χ2v) is 10.1. The standard InChI is InChI=1S/C23H31ClFN3O3/c1-23(2)14-31-6-5-28(23)21(29)13-27-19-3-4-20(27)8-15(7-19)12-26-22(30)16-9-17(24)11-18(25)10-16/h9-11,15,19-20H,3-8,12-14H2,1-2H3,(H,26,30)/t15?,19-,20+. The summed E-state index contributed by atoms with van der Waals surface area (Å²) in [6.07, 6.45) is 4.10. The SMILES string of the molecule is CC1(C)COCCN1C(=O)CN1[C@@H]2CC[C@H]1CC(CNC(=O)c1cc(F)cc(Cl)c1)C2. The number of ether oxygens (including phenoxy) is 1. The predicted molar refractivity (Wildman–Crippen MR) is 117 cm³/mol. The fourth-order valence-corrected chi connectivity index (χ4v) is 5.62. The molecule has 2 amide bonds. The van der Waals surface area contributed by atoms with Crippen molar-refractivity contribution >= 4 is 23.4 Å². The van der Waals surface area contributed by atoms with Gasteiger partial charge >= 0.3 is 0 Å². The van der Waals surface area contributed by atoms with Crippen molar-refractivity contribution in [2.45, 2.75) is 57.2 Å². The Labute approximate surface area is 188 Å². The summed E-state index contributed by atoms with van der Waals surface area (Å²) in [7, 11) is 0. The van der Waals surface area contributed by atoms with Crippen LogP contribution in [-0.4, -0.2) is 72.1 Å². The number of halogens is 2. The van der Waals surface area contributed by atoms with E-state index in [1.54, 1.807) is 0 Å². The molecule has 0 aliphatic carbocycles. The molecular weight excluding hydrogens is 421 g/mol. The molecule has 0 radical (unpaired) electrons. The van der Waals surface area contributed by atoms with Crippen LogP contribution in [0.2, 0.25) is 5.02 Å². The molecule has 3 aliphatic heterocycles.